The number of hydrogen-bond acceptors (Lipinski definition) is 1. The standard InChI is InChI=1S/C13H17FO.2H2S/c14-13(15,12-8-4-5-9-12)10-11-6-2-1-3-7-11;;/h1-3,6-7,12,15H,4-5,8-10H2;2*1H2/t13-;;/m1../s1. The van der Waals surface area contributed by atoms with Gasteiger partial charge in [-0.1, -0.05) is 43.2 Å². The number of hydrogen-bond donors (Lipinski definition) is 1. The smallest absolute Gasteiger partial charge is 0.213 e. The third-order valence-corrected chi connectivity index (χ3v) is 3.28. The normalized spacial score (nSPS) is 18.9. The van der Waals surface area contributed by atoms with Crippen molar-refractivity contribution in [2.75, 3.05) is 0 Å². The first-order valence-corrected chi connectivity index (χ1v) is 5.64. The fourth-order valence-electron chi connectivity index (χ4n) is 2.39. The second-order valence-corrected chi connectivity index (χ2v) is 4.46. The van der Waals surface area contributed by atoms with Gasteiger partial charge in [0.05, 0.1) is 0 Å². The summed E-state index contributed by atoms with van der Waals surface area (Å²) >= 11 is 0. The lowest BCUT2D eigenvalue weighted by molar-refractivity contribution is -0.132. The minimum Gasteiger partial charge on any atom is -0.361 e. The van der Waals surface area contributed by atoms with Crippen LogP contribution in [0.15, 0.2) is 30.3 Å². The zero-order valence-corrected chi connectivity index (χ0v) is 11.8. The first-order valence-electron chi connectivity index (χ1n) is 5.64. The molecule has 0 saturated heterocycles. The second-order valence-electron chi connectivity index (χ2n) is 4.46. The Morgan fingerprint density at radius 3 is 2.18 bits per heavy atom. The van der Waals surface area contributed by atoms with Crippen molar-refractivity contribution in [2.24, 2.45) is 5.92 Å². The van der Waals surface area contributed by atoms with Gasteiger partial charge in [0.25, 0.3) is 0 Å². The largest absolute Gasteiger partial charge is 0.361 e. The zero-order chi connectivity index (χ0) is 10.7. The van der Waals surface area contributed by atoms with Crippen molar-refractivity contribution in [3.05, 3.63) is 35.9 Å². The molecule has 0 aliphatic heterocycles. The van der Waals surface area contributed by atoms with E-state index in [4.69, 9.17) is 0 Å². The van der Waals surface area contributed by atoms with E-state index in [1.165, 1.54) is 0 Å². The molecule has 1 N–H and O–H groups in total. The molecule has 0 aromatic heterocycles. The molecule has 1 fully saturated rings. The Hall–Kier alpha value is -0.190. The Morgan fingerprint density at radius 2 is 1.65 bits per heavy atom. The summed E-state index contributed by atoms with van der Waals surface area (Å²) < 4.78 is 14.0. The van der Waals surface area contributed by atoms with Crippen molar-refractivity contribution in [3.8, 4) is 0 Å². The van der Waals surface area contributed by atoms with Gasteiger partial charge in [-0.05, 0) is 18.4 Å². The Bertz CT molecular complexity index is 310. The van der Waals surface area contributed by atoms with Gasteiger partial charge in [0.1, 0.15) is 0 Å². The molecule has 1 atom stereocenters. The molecule has 1 aliphatic carbocycles. The van der Waals surface area contributed by atoms with Gasteiger partial charge in [-0.25, -0.2) is 4.39 Å². The average molecular weight is 276 g/mol. The highest BCUT2D eigenvalue weighted by Crippen LogP contribution is 2.36. The van der Waals surface area contributed by atoms with Crippen molar-refractivity contribution < 1.29 is 9.50 Å². The number of aliphatic hydroxyl groups is 1. The van der Waals surface area contributed by atoms with Crippen LogP contribution in [0.25, 0.3) is 0 Å². The van der Waals surface area contributed by atoms with Crippen LogP contribution in [0.4, 0.5) is 4.39 Å². The monoisotopic (exact) mass is 276 g/mol. The number of rotatable bonds is 3. The molecule has 17 heavy (non-hydrogen) atoms. The third-order valence-electron chi connectivity index (χ3n) is 3.28. The van der Waals surface area contributed by atoms with Gasteiger partial charge in [-0.3, -0.25) is 0 Å². The molecule has 0 bridgehead atoms. The molecule has 1 nitrogen and oxygen atoms in total. The molecular weight excluding hydrogens is 255 g/mol. The highest BCUT2D eigenvalue weighted by Gasteiger charge is 2.38. The van der Waals surface area contributed by atoms with Gasteiger partial charge >= 0.3 is 0 Å². The Balaban J connectivity index is 0.00000128. The van der Waals surface area contributed by atoms with E-state index >= 15 is 0 Å². The number of benzene rings is 1. The summed E-state index contributed by atoms with van der Waals surface area (Å²) in [7, 11) is 0. The highest BCUT2D eigenvalue weighted by atomic mass is 32.1. The molecule has 0 radical (unpaired) electrons. The summed E-state index contributed by atoms with van der Waals surface area (Å²) in [5.74, 6) is -2.18. The van der Waals surface area contributed by atoms with Crippen LogP contribution < -0.4 is 0 Å². The molecule has 1 aromatic rings. The maximum absolute atomic E-state index is 14.0. The van der Waals surface area contributed by atoms with E-state index in [-0.39, 0.29) is 39.3 Å². The second kappa shape index (κ2) is 7.29. The minimum atomic E-state index is -2.02. The SMILES string of the molecule is O[C@](F)(Cc1ccccc1)C1CCCC1.S.S. The predicted octanol–water partition coefficient (Wildman–Crippen LogP) is 3.30. The first-order chi connectivity index (χ1) is 7.18. The zero-order valence-electron chi connectivity index (χ0n) is 9.82. The van der Waals surface area contributed by atoms with Crippen molar-refractivity contribution in [1.29, 1.82) is 0 Å². The van der Waals surface area contributed by atoms with Crippen LogP contribution >= 0.6 is 27.0 Å². The minimum absolute atomic E-state index is 0. The lowest BCUT2D eigenvalue weighted by Crippen LogP contribution is -2.33. The van der Waals surface area contributed by atoms with Crippen molar-refractivity contribution >= 4 is 27.0 Å². The molecule has 0 spiro atoms. The van der Waals surface area contributed by atoms with E-state index in [2.05, 4.69) is 0 Å². The molecule has 2 rings (SSSR count). The molecule has 1 aliphatic rings. The van der Waals surface area contributed by atoms with Gasteiger partial charge in [0.15, 0.2) is 0 Å². The van der Waals surface area contributed by atoms with Crippen molar-refractivity contribution in [3.63, 3.8) is 0 Å². The van der Waals surface area contributed by atoms with Gasteiger partial charge in [-0.2, -0.15) is 27.0 Å². The van der Waals surface area contributed by atoms with E-state index in [9.17, 15) is 9.50 Å². The van der Waals surface area contributed by atoms with E-state index in [0.29, 0.717) is 0 Å². The summed E-state index contributed by atoms with van der Waals surface area (Å²) in [5.41, 5.74) is 0.870. The van der Waals surface area contributed by atoms with Crippen LogP contribution in [0.1, 0.15) is 31.2 Å². The highest BCUT2D eigenvalue weighted by molar-refractivity contribution is 7.59. The molecule has 4 heteroatoms. The van der Waals surface area contributed by atoms with E-state index < -0.39 is 5.85 Å². The molecule has 98 valence electrons. The maximum Gasteiger partial charge on any atom is 0.213 e. The average Bonchev–Trinajstić information content (AvgIpc) is 2.71. The van der Waals surface area contributed by atoms with Crippen LogP contribution in [-0.2, 0) is 6.42 Å². The van der Waals surface area contributed by atoms with E-state index in [1.54, 1.807) is 0 Å². The molecule has 1 aromatic carbocycles. The first kappa shape index (κ1) is 16.8. The van der Waals surface area contributed by atoms with Gasteiger partial charge in [-0.15, -0.1) is 0 Å². The van der Waals surface area contributed by atoms with Crippen LogP contribution in [0, 0.1) is 5.92 Å². The van der Waals surface area contributed by atoms with Gasteiger partial charge in [0.2, 0.25) is 5.85 Å². The lowest BCUT2D eigenvalue weighted by atomic mass is 9.92. The summed E-state index contributed by atoms with van der Waals surface area (Å²) in [6.07, 6.45) is 3.86. The van der Waals surface area contributed by atoms with Gasteiger partial charge in [0, 0.05) is 12.3 Å². The molecular formula is C13H21FOS2. The van der Waals surface area contributed by atoms with E-state index in [0.717, 1.165) is 31.2 Å². The molecule has 0 heterocycles. The molecule has 0 amide bonds. The van der Waals surface area contributed by atoms with Crippen LogP contribution in [-0.4, -0.2) is 11.0 Å². The Morgan fingerprint density at radius 1 is 1.12 bits per heavy atom. The Kier molecular flexibility index (Phi) is 7.21. The van der Waals surface area contributed by atoms with Crippen LogP contribution in [0.2, 0.25) is 0 Å². The summed E-state index contributed by atoms with van der Waals surface area (Å²) in [5, 5.41) is 9.80. The number of alkyl halides is 1. The van der Waals surface area contributed by atoms with E-state index in [1.807, 2.05) is 30.3 Å². The Labute approximate surface area is 116 Å². The molecule has 1 saturated carbocycles. The molecule has 0 unspecified atom stereocenters. The summed E-state index contributed by atoms with van der Waals surface area (Å²) in [6, 6.07) is 9.37. The maximum atomic E-state index is 14.0. The van der Waals surface area contributed by atoms with Crippen LogP contribution in [0.3, 0.4) is 0 Å². The fraction of sp³-hybridized carbons (Fsp3) is 0.538. The quantitative estimate of drug-likeness (QED) is 0.898. The van der Waals surface area contributed by atoms with Crippen molar-refractivity contribution in [2.45, 2.75) is 38.0 Å². The summed E-state index contributed by atoms with van der Waals surface area (Å²) in [6.45, 7) is 0. The number of halogens is 1. The third kappa shape index (κ3) is 4.53. The fourth-order valence-corrected chi connectivity index (χ4v) is 2.39. The van der Waals surface area contributed by atoms with Crippen molar-refractivity contribution in [1.82, 2.24) is 0 Å². The topological polar surface area (TPSA) is 20.2 Å². The van der Waals surface area contributed by atoms with Gasteiger partial charge < -0.3 is 5.11 Å². The predicted molar refractivity (Wildman–Crippen MR) is 78.9 cm³/mol. The lowest BCUT2D eigenvalue weighted by Gasteiger charge is -2.25. The summed E-state index contributed by atoms with van der Waals surface area (Å²) in [4.78, 5) is 0. The van der Waals surface area contributed by atoms with Crippen LogP contribution in [0.5, 0.6) is 0 Å².